The molecule has 23 heavy (non-hydrogen) atoms. The minimum atomic E-state index is -0.703. The maximum Gasteiger partial charge on any atom is 0.176 e. The number of rotatable bonds is 3. The molecule has 0 saturated carbocycles. The van der Waals surface area contributed by atoms with Crippen molar-refractivity contribution in [2.75, 3.05) is 6.54 Å². The second kappa shape index (κ2) is 5.91. The number of phenols is 1. The summed E-state index contributed by atoms with van der Waals surface area (Å²) in [5, 5.41) is 13.1. The van der Waals surface area contributed by atoms with Gasteiger partial charge in [-0.05, 0) is 36.7 Å². The van der Waals surface area contributed by atoms with Crippen molar-refractivity contribution in [3.05, 3.63) is 65.2 Å². The zero-order valence-electron chi connectivity index (χ0n) is 13.3. The molecule has 1 aliphatic rings. The second-order valence-electron chi connectivity index (χ2n) is 6.17. The summed E-state index contributed by atoms with van der Waals surface area (Å²) < 4.78 is -0.415. The number of alkyl halides is 1. The Bertz CT molecular complexity index is 743. The molecule has 4 heteroatoms. The smallest absolute Gasteiger partial charge is 0.176 e. The maximum atomic E-state index is 13.4. The Morgan fingerprint density at radius 1 is 1.17 bits per heavy atom. The third-order valence-electron chi connectivity index (χ3n) is 4.84. The third kappa shape index (κ3) is 2.48. The van der Waals surface area contributed by atoms with Gasteiger partial charge in [-0.3, -0.25) is 4.79 Å². The van der Waals surface area contributed by atoms with Crippen molar-refractivity contribution in [3.8, 4) is 5.75 Å². The van der Waals surface area contributed by atoms with E-state index < -0.39 is 8.96 Å². The van der Waals surface area contributed by atoms with Crippen molar-refractivity contribution in [3.63, 3.8) is 0 Å². The van der Waals surface area contributed by atoms with Gasteiger partial charge in [-0.1, -0.05) is 65.9 Å². The molecule has 1 aliphatic carbocycles. The van der Waals surface area contributed by atoms with Crippen LogP contribution in [0.5, 0.6) is 5.75 Å². The minimum Gasteiger partial charge on any atom is -0.508 e. The summed E-state index contributed by atoms with van der Waals surface area (Å²) in [4.78, 5) is 13.4. The molecule has 2 atom stereocenters. The van der Waals surface area contributed by atoms with E-state index in [0.29, 0.717) is 0 Å². The Balaban J connectivity index is 2.22. The van der Waals surface area contributed by atoms with Crippen LogP contribution in [0.15, 0.2) is 48.5 Å². The molecule has 0 spiro atoms. The van der Waals surface area contributed by atoms with Crippen LogP contribution in [0.2, 0.25) is 0 Å². The highest BCUT2D eigenvalue weighted by Gasteiger charge is 2.55. The number of aromatic hydroxyl groups is 1. The maximum absolute atomic E-state index is 13.4. The number of nitrogens with one attached hydrogen (secondary N) is 1. The average molecular weight is 421 g/mol. The molecular formula is C19H20INO2. The van der Waals surface area contributed by atoms with Crippen LogP contribution in [-0.4, -0.2) is 21.0 Å². The van der Waals surface area contributed by atoms with Crippen LogP contribution in [0.25, 0.3) is 0 Å². The average Bonchev–Trinajstić information content (AvgIpc) is 2.54. The van der Waals surface area contributed by atoms with E-state index in [0.717, 1.165) is 29.7 Å². The summed E-state index contributed by atoms with van der Waals surface area (Å²) in [6.45, 7) is 4.85. The summed E-state index contributed by atoms with van der Waals surface area (Å²) in [5.74, 6) is 0.337. The Labute approximate surface area is 150 Å². The Hall–Kier alpha value is -1.40. The first-order valence-corrected chi connectivity index (χ1v) is 8.86. The van der Waals surface area contributed by atoms with Crippen molar-refractivity contribution in [2.24, 2.45) is 0 Å². The number of Topliss-reactive ketones (excluding diaryl/α,β-unsaturated/α-hetero) is 1. The summed E-state index contributed by atoms with van der Waals surface area (Å²) >= 11 is 2.40. The fourth-order valence-corrected chi connectivity index (χ4v) is 4.81. The van der Waals surface area contributed by atoms with Gasteiger partial charge >= 0.3 is 0 Å². The highest BCUT2D eigenvalue weighted by atomic mass is 127. The molecule has 0 fully saturated rings. The Morgan fingerprint density at radius 3 is 2.48 bits per heavy atom. The summed E-state index contributed by atoms with van der Waals surface area (Å²) in [6.07, 6.45) is 0.778. The highest BCUT2D eigenvalue weighted by molar-refractivity contribution is 14.1. The summed E-state index contributed by atoms with van der Waals surface area (Å²) in [5.41, 5.74) is 2.11. The van der Waals surface area contributed by atoms with E-state index in [2.05, 4.69) is 34.8 Å². The number of fused-ring (bicyclic) bond motifs is 1. The van der Waals surface area contributed by atoms with E-state index in [-0.39, 0.29) is 11.5 Å². The standard InChI is InChI=1S/C19H20INO2/c1-3-21-19(20)12-13-6-4-5-7-16(13)17(23)18(19,2)14-8-10-15(22)11-9-14/h4-11,21-22H,3,12H2,1-2H3. The molecule has 2 aromatic rings. The van der Waals surface area contributed by atoms with Crippen LogP contribution in [0.3, 0.4) is 0 Å². The van der Waals surface area contributed by atoms with Crippen LogP contribution in [0.4, 0.5) is 0 Å². The van der Waals surface area contributed by atoms with Crippen molar-refractivity contribution in [1.82, 2.24) is 5.32 Å². The lowest BCUT2D eigenvalue weighted by Crippen LogP contribution is -2.62. The molecule has 3 rings (SSSR count). The topological polar surface area (TPSA) is 49.3 Å². The largest absolute Gasteiger partial charge is 0.508 e. The molecular weight excluding hydrogens is 401 g/mol. The molecule has 2 unspecified atom stereocenters. The van der Waals surface area contributed by atoms with Crippen LogP contribution < -0.4 is 5.32 Å². The van der Waals surface area contributed by atoms with E-state index in [9.17, 15) is 9.90 Å². The van der Waals surface area contributed by atoms with Gasteiger partial charge in [0, 0.05) is 12.0 Å². The number of hydrogen-bond acceptors (Lipinski definition) is 3. The Kier molecular flexibility index (Phi) is 4.23. The molecule has 0 aliphatic heterocycles. The number of carbonyl (C=O) groups excluding carboxylic acids is 1. The van der Waals surface area contributed by atoms with Gasteiger partial charge in [0.25, 0.3) is 0 Å². The zero-order chi connectivity index (χ0) is 16.7. The second-order valence-corrected chi connectivity index (χ2v) is 8.01. The lowest BCUT2D eigenvalue weighted by atomic mass is 9.64. The van der Waals surface area contributed by atoms with E-state index in [1.165, 1.54) is 0 Å². The van der Waals surface area contributed by atoms with Gasteiger partial charge in [-0.2, -0.15) is 0 Å². The lowest BCUT2D eigenvalue weighted by Gasteiger charge is -2.48. The van der Waals surface area contributed by atoms with Crippen LogP contribution in [0, 0.1) is 0 Å². The summed E-state index contributed by atoms with van der Waals surface area (Å²) in [7, 11) is 0. The zero-order valence-corrected chi connectivity index (χ0v) is 15.4. The van der Waals surface area contributed by atoms with Crippen molar-refractivity contribution in [1.29, 1.82) is 0 Å². The predicted octanol–water partition coefficient (Wildman–Crippen LogP) is 3.83. The van der Waals surface area contributed by atoms with Gasteiger partial charge in [-0.15, -0.1) is 0 Å². The van der Waals surface area contributed by atoms with Crippen molar-refractivity contribution >= 4 is 28.4 Å². The first-order chi connectivity index (χ1) is 10.9. The van der Waals surface area contributed by atoms with Crippen molar-refractivity contribution in [2.45, 2.75) is 29.2 Å². The van der Waals surface area contributed by atoms with Gasteiger partial charge in [0.1, 0.15) is 5.75 Å². The lowest BCUT2D eigenvalue weighted by molar-refractivity contribution is 0.0830. The van der Waals surface area contributed by atoms with Gasteiger partial charge in [0.15, 0.2) is 5.78 Å². The molecule has 0 amide bonds. The number of benzene rings is 2. The molecule has 120 valence electrons. The van der Waals surface area contributed by atoms with E-state index in [1.807, 2.05) is 43.3 Å². The van der Waals surface area contributed by atoms with Gasteiger partial charge in [0.2, 0.25) is 0 Å². The number of ketones is 1. The molecule has 2 aromatic carbocycles. The molecule has 2 N–H and O–H groups in total. The highest BCUT2D eigenvalue weighted by Crippen LogP contribution is 2.48. The van der Waals surface area contributed by atoms with Crippen LogP contribution in [-0.2, 0) is 11.8 Å². The molecule has 0 saturated heterocycles. The van der Waals surface area contributed by atoms with E-state index >= 15 is 0 Å². The van der Waals surface area contributed by atoms with Crippen molar-refractivity contribution < 1.29 is 9.90 Å². The van der Waals surface area contributed by atoms with Gasteiger partial charge in [0.05, 0.1) is 8.96 Å². The number of halogens is 1. The molecule has 0 bridgehead atoms. The number of phenolic OH excluding ortho intramolecular Hbond substituents is 1. The molecule has 0 heterocycles. The quantitative estimate of drug-likeness (QED) is 0.450. The van der Waals surface area contributed by atoms with E-state index in [4.69, 9.17) is 0 Å². The van der Waals surface area contributed by atoms with Gasteiger partial charge in [-0.25, -0.2) is 0 Å². The normalized spacial score (nSPS) is 26.8. The Morgan fingerprint density at radius 2 is 1.83 bits per heavy atom. The first-order valence-electron chi connectivity index (χ1n) is 7.78. The fourth-order valence-electron chi connectivity index (χ4n) is 3.46. The van der Waals surface area contributed by atoms with Crippen LogP contribution in [0.1, 0.15) is 35.3 Å². The first kappa shape index (κ1) is 16.5. The van der Waals surface area contributed by atoms with Crippen LogP contribution >= 0.6 is 22.6 Å². The fraction of sp³-hybridized carbons (Fsp3) is 0.316. The SMILES string of the molecule is CCNC1(I)Cc2ccccc2C(=O)C1(C)c1ccc(O)cc1. The van der Waals surface area contributed by atoms with Gasteiger partial charge < -0.3 is 10.4 Å². The minimum absolute atomic E-state index is 0.125. The molecule has 0 aromatic heterocycles. The molecule has 3 nitrogen and oxygen atoms in total. The monoisotopic (exact) mass is 421 g/mol. The molecule has 0 radical (unpaired) electrons. The third-order valence-corrected chi connectivity index (χ3v) is 6.69. The summed E-state index contributed by atoms with van der Waals surface area (Å²) in [6, 6.07) is 14.9. The van der Waals surface area contributed by atoms with E-state index in [1.54, 1.807) is 12.1 Å². The number of likely N-dealkylation sites (N-methyl/N-ethyl adjacent to an activating group) is 1. The number of carbonyl (C=O) groups is 1. The predicted molar refractivity (Wildman–Crippen MR) is 100 cm³/mol. The number of hydrogen-bond donors (Lipinski definition) is 2.